The van der Waals surface area contributed by atoms with E-state index < -0.39 is 21.2 Å². The Labute approximate surface area is 153 Å². The fourth-order valence-electron chi connectivity index (χ4n) is 1.42. The number of carbonyl (C=O) groups excluding carboxylic acids is 1. The summed E-state index contributed by atoms with van der Waals surface area (Å²) < 4.78 is 69.6. The van der Waals surface area contributed by atoms with Crippen LogP contribution in [0.15, 0.2) is 29.2 Å². The highest BCUT2D eigenvalue weighted by Gasteiger charge is 2.37. The van der Waals surface area contributed by atoms with Gasteiger partial charge in [0.25, 0.3) is 0 Å². The van der Waals surface area contributed by atoms with Crippen molar-refractivity contribution in [1.82, 2.24) is 0 Å². The minimum Gasteiger partial charge on any atom is -0.741 e. The van der Waals surface area contributed by atoms with Gasteiger partial charge in [-0.05, 0) is 45.0 Å². The summed E-state index contributed by atoms with van der Waals surface area (Å²) in [5.74, 6) is 0.335. The van der Waals surface area contributed by atoms with Crippen LogP contribution in [0.5, 0.6) is 5.75 Å². The predicted octanol–water partition coefficient (Wildman–Crippen LogP) is 2.70. The maximum atomic E-state index is 11.7. The highest BCUT2D eigenvalue weighted by atomic mass is 32.2. The Bertz CT molecular complexity index is 682. The molecule has 26 heavy (non-hydrogen) atoms. The van der Waals surface area contributed by atoms with Crippen LogP contribution in [0.1, 0.15) is 20.8 Å². The average molecular weight is 418 g/mol. The fourth-order valence-corrected chi connectivity index (χ4v) is 2.10. The molecular formula is C15H21F3O6S2. The number of benzene rings is 1. The van der Waals surface area contributed by atoms with Crippen molar-refractivity contribution in [1.29, 1.82) is 0 Å². The molecule has 0 amide bonds. The summed E-state index contributed by atoms with van der Waals surface area (Å²) in [5, 5.41) is 0. The zero-order valence-electron chi connectivity index (χ0n) is 14.9. The van der Waals surface area contributed by atoms with Gasteiger partial charge in [0.2, 0.25) is 0 Å². The van der Waals surface area contributed by atoms with E-state index in [4.69, 9.17) is 22.4 Å². The second-order valence-electron chi connectivity index (χ2n) is 5.52. The van der Waals surface area contributed by atoms with E-state index in [9.17, 15) is 18.0 Å². The molecule has 6 nitrogen and oxygen atoms in total. The highest BCUT2D eigenvalue weighted by molar-refractivity contribution is 7.95. The minimum atomic E-state index is -6.09. The second-order valence-corrected chi connectivity index (χ2v) is 9.00. The van der Waals surface area contributed by atoms with Crippen molar-refractivity contribution < 1.29 is 40.4 Å². The van der Waals surface area contributed by atoms with E-state index in [1.54, 1.807) is 20.8 Å². The molecule has 0 unspecified atom stereocenters. The van der Waals surface area contributed by atoms with Crippen molar-refractivity contribution in [3.8, 4) is 5.75 Å². The van der Waals surface area contributed by atoms with Gasteiger partial charge < -0.3 is 14.0 Å². The van der Waals surface area contributed by atoms with E-state index in [1.807, 2.05) is 24.3 Å². The molecule has 1 aromatic rings. The van der Waals surface area contributed by atoms with Crippen LogP contribution in [0.25, 0.3) is 0 Å². The molecule has 0 aliphatic rings. The topological polar surface area (TPSA) is 92.7 Å². The van der Waals surface area contributed by atoms with Gasteiger partial charge in [-0.2, -0.15) is 13.2 Å². The van der Waals surface area contributed by atoms with Gasteiger partial charge in [-0.25, -0.2) is 13.2 Å². The van der Waals surface area contributed by atoms with Crippen LogP contribution in [0.2, 0.25) is 0 Å². The highest BCUT2D eigenvalue weighted by Crippen LogP contribution is 2.22. The summed E-state index contributed by atoms with van der Waals surface area (Å²) in [6.07, 6.45) is 4.33. The van der Waals surface area contributed by atoms with Crippen molar-refractivity contribution in [2.75, 3.05) is 19.1 Å². The van der Waals surface area contributed by atoms with Gasteiger partial charge in [0, 0.05) is 10.9 Å². The maximum Gasteiger partial charge on any atom is 0.485 e. The quantitative estimate of drug-likeness (QED) is 0.316. The van der Waals surface area contributed by atoms with Crippen molar-refractivity contribution in [3.63, 3.8) is 0 Å². The SMILES string of the molecule is CCOC(=O)C(C)(C)Oc1ccc([S+](C)C)cc1.O=S(=O)([O-])C(F)(F)F. The van der Waals surface area contributed by atoms with Gasteiger partial charge in [0.15, 0.2) is 20.6 Å². The van der Waals surface area contributed by atoms with Crippen LogP contribution in [0, 0.1) is 0 Å². The van der Waals surface area contributed by atoms with Crippen LogP contribution >= 0.6 is 0 Å². The molecule has 0 bridgehead atoms. The standard InChI is InChI=1S/C14H21O3S.CHF3O3S/c1-6-16-13(15)14(2,3)17-11-7-9-12(10-8-11)18(4)5;2-1(3,4)8(5,6)7/h7-10H,6H2,1-5H3;(H,5,6,7)/q+1;/p-1. The van der Waals surface area contributed by atoms with Crippen LogP contribution < -0.4 is 4.74 Å². The molecule has 0 radical (unpaired) electrons. The third-order valence-electron chi connectivity index (χ3n) is 2.72. The van der Waals surface area contributed by atoms with Gasteiger partial charge >= 0.3 is 11.5 Å². The van der Waals surface area contributed by atoms with E-state index in [0.717, 1.165) is 0 Å². The molecule has 0 saturated heterocycles. The van der Waals surface area contributed by atoms with E-state index >= 15 is 0 Å². The Balaban J connectivity index is 0.000000660. The molecule has 0 aromatic heterocycles. The van der Waals surface area contributed by atoms with Gasteiger partial charge in [-0.1, -0.05) is 0 Å². The number of hydrogen-bond acceptors (Lipinski definition) is 6. The van der Waals surface area contributed by atoms with Crippen LogP contribution in [-0.4, -0.2) is 49.2 Å². The molecule has 0 heterocycles. The Morgan fingerprint density at radius 2 is 1.58 bits per heavy atom. The van der Waals surface area contributed by atoms with Crippen molar-refractivity contribution in [3.05, 3.63) is 24.3 Å². The first-order chi connectivity index (χ1) is 11.6. The predicted molar refractivity (Wildman–Crippen MR) is 91.0 cm³/mol. The zero-order chi connectivity index (χ0) is 20.8. The number of esters is 1. The Kier molecular flexibility index (Phi) is 8.94. The summed E-state index contributed by atoms with van der Waals surface area (Å²) in [6.45, 7) is 5.57. The van der Waals surface area contributed by atoms with Gasteiger partial charge in [0.1, 0.15) is 18.3 Å². The van der Waals surface area contributed by atoms with Crippen LogP contribution in [-0.2, 0) is 30.5 Å². The lowest BCUT2D eigenvalue weighted by atomic mass is 10.1. The number of halogens is 3. The monoisotopic (exact) mass is 418 g/mol. The third kappa shape index (κ3) is 8.28. The average Bonchev–Trinajstić information content (AvgIpc) is 2.46. The first kappa shape index (κ1) is 24.5. The Morgan fingerprint density at radius 1 is 1.15 bits per heavy atom. The number of rotatable bonds is 5. The largest absolute Gasteiger partial charge is 0.741 e. The smallest absolute Gasteiger partial charge is 0.485 e. The summed E-state index contributed by atoms with van der Waals surface area (Å²) in [7, 11) is -5.86. The Morgan fingerprint density at radius 3 is 1.88 bits per heavy atom. The fraction of sp³-hybridized carbons (Fsp3) is 0.533. The number of alkyl halides is 3. The molecular weight excluding hydrogens is 397 g/mol. The van der Waals surface area contributed by atoms with Crippen molar-refractivity contribution >= 4 is 27.0 Å². The molecule has 1 aromatic carbocycles. The minimum absolute atomic E-state index is 0.231. The lowest BCUT2D eigenvalue weighted by Gasteiger charge is -2.23. The molecule has 0 atom stereocenters. The first-order valence-corrected chi connectivity index (χ1v) is 10.6. The first-order valence-electron chi connectivity index (χ1n) is 7.18. The Hall–Kier alpha value is -1.46. The third-order valence-corrected chi connectivity index (χ3v) is 4.50. The molecule has 0 fully saturated rings. The summed E-state index contributed by atoms with van der Waals surface area (Å²) >= 11 is 0. The van der Waals surface area contributed by atoms with Crippen molar-refractivity contribution in [2.24, 2.45) is 0 Å². The van der Waals surface area contributed by atoms with Gasteiger partial charge in [0.05, 0.1) is 6.61 Å². The summed E-state index contributed by atoms with van der Waals surface area (Å²) in [5.41, 5.74) is -6.61. The van der Waals surface area contributed by atoms with Gasteiger partial charge in [-0.15, -0.1) is 0 Å². The molecule has 0 aliphatic carbocycles. The summed E-state index contributed by atoms with van der Waals surface area (Å²) in [6, 6.07) is 7.84. The lowest BCUT2D eigenvalue weighted by molar-refractivity contribution is -0.158. The molecule has 1 rings (SSSR count). The van der Waals surface area contributed by atoms with Crippen LogP contribution in [0.3, 0.4) is 0 Å². The molecule has 0 N–H and O–H groups in total. The summed E-state index contributed by atoms with van der Waals surface area (Å²) in [4.78, 5) is 13.0. The van der Waals surface area contributed by atoms with E-state index in [1.165, 1.54) is 4.90 Å². The van der Waals surface area contributed by atoms with E-state index in [0.29, 0.717) is 12.4 Å². The molecule has 0 aliphatic heterocycles. The second kappa shape index (κ2) is 9.47. The zero-order valence-corrected chi connectivity index (χ0v) is 16.5. The molecule has 0 spiro atoms. The molecule has 150 valence electrons. The molecule has 0 saturated carbocycles. The molecule has 11 heteroatoms. The number of hydrogen-bond donors (Lipinski definition) is 0. The van der Waals surface area contributed by atoms with Crippen LogP contribution in [0.4, 0.5) is 13.2 Å². The number of carbonyl (C=O) groups is 1. The maximum absolute atomic E-state index is 11.7. The normalized spacial score (nSPS) is 12.2. The van der Waals surface area contributed by atoms with Gasteiger partial charge in [-0.3, -0.25) is 0 Å². The lowest BCUT2D eigenvalue weighted by Crippen LogP contribution is -2.39. The van der Waals surface area contributed by atoms with E-state index in [-0.39, 0.29) is 16.9 Å². The number of ether oxygens (including phenoxy) is 2. The van der Waals surface area contributed by atoms with Crippen molar-refractivity contribution in [2.45, 2.75) is 36.8 Å². The van der Waals surface area contributed by atoms with E-state index in [2.05, 4.69) is 12.5 Å².